The minimum Gasteiger partial charge on any atom is -0.476 e. The van der Waals surface area contributed by atoms with Gasteiger partial charge < -0.3 is 14.9 Å². The number of rotatable bonds is 6. The van der Waals surface area contributed by atoms with Crippen LogP contribution in [-0.4, -0.2) is 29.0 Å². The number of nitrogens with zero attached hydrogens (tertiary/aromatic N) is 1. The molecule has 2 N–H and O–H groups in total. The fourth-order valence-electron chi connectivity index (χ4n) is 1.12. The van der Waals surface area contributed by atoms with Crippen LogP contribution in [-0.2, 0) is 6.54 Å². The number of aromatic carboxylic acids is 1. The van der Waals surface area contributed by atoms with E-state index in [1.54, 1.807) is 0 Å². The van der Waals surface area contributed by atoms with Gasteiger partial charge in [0.1, 0.15) is 0 Å². The molecule has 0 aromatic carbocycles. The third-order valence-electron chi connectivity index (χ3n) is 1.89. The van der Waals surface area contributed by atoms with E-state index in [0.717, 1.165) is 0 Å². The van der Waals surface area contributed by atoms with Crippen molar-refractivity contribution in [3.63, 3.8) is 0 Å². The molecular formula is C9H11F3N2O3. The summed E-state index contributed by atoms with van der Waals surface area (Å²) in [6.07, 6.45) is -5.04. The second-order valence-electron chi connectivity index (χ2n) is 3.38. The van der Waals surface area contributed by atoms with Gasteiger partial charge in [-0.1, -0.05) is 5.16 Å². The van der Waals surface area contributed by atoms with E-state index in [1.807, 2.05) is 0 Å². The molecule has 0 bridgehead atoms. The van der Waals surface area contributed by atoms with Crippen LogP contribution in [0.15, 0.2) is 10.6 Å². The average Bonchev–Trinajstić information content (AvgIpc) is 2.64. The minimum atomic E-state index is -4.15. The minimum absolute atomic E-state index is 0.0383. The summed E-state index contributed by atoms with van der Waals surface area (Å²) in [5.74, 6) is -0.938. The summed E-state index contributed by atoms with van der Waals surface area (Å²) in [4.78, 5) is 10.4. The third kappa shape index (κ3) is 5.34. The van der Waals surface area contributed by atoms with Crippen LogP contribution >= 0.6 is 0 Å². The fraction of sp³-hybridized carbons (Fsp3) is 0.556. The highest BCUT2D eigenvalue weighted by atomic mass is 19.4. The van der Waals surface area contributed by atoms with E-state index in [1.165, 1.54) is 6.07 Å². The molecule has 0 aliphatic heterocycles. The van der Waals surface area contributed by atoms with E-state index in [4.69, 9.17) is 5.11 Å². The Morgan fingerprint density at radius 2 is 2.24 bits per heavy atom. The summed E-state index contributed by atoms with van der Waals surface area (Å²) in [5.41, 5.74) is -0.225. The molecule has 0 spiro atoms. The zero-order valence-corrected chi connectivity index (χ0v) is 8.75. The van der Waals surface area contributed by atoms with Crippen LogP contribution in [0.2, 0.25) is 0 Å². The molecule has 0 aliphatic rings. The summed E-state index contributed by atoms with van der Waals surface area (Å²) >= 11 is 0. The lowest BCUT2D eigenvalue weighted by Crippen LogP contribution is -2.17. The Bertz CT molecular complexity index is 376. The molecule has 0 atom stereocenters. The first-order valence-electron chi connectivity index (χ1n) is 4.85. The first kappa shape index (κ1) is 13.5. The Balaban J connectivity index is 2.20. The largest absolute Gasteiger partial charge is 0.476 e. The molecule has 0 aliphatic carbocycles. The molecule has 1 rings (SSSR count). The molecule has 0 saturated carbocycles. The number of carboxylic acids is 1. The van der Waals surface area contributed by atoms with E-state index < -0.39 is 18.6 Å². The number of aromatic nitrogens is 1. The Morgan fingerprint density at radius 3 is 2.76 bits per heavy atom. The summed E-state index contributed by atoms with van der Waals surface area (Å²) in [6, 6.07) is 1.22. The van der Waals surface area contributed by atoms with Gasteiger partial charge in [-0.2, -0.15) is 13.2 Å². The van der Waals surface area contributed by atoms with Gasteiger partial charge >= 0.3 is 12.1 Å². The lowest BCUT2D eigenvalue weighted by atomic mass is 10.3. The Morgan fingerprint density at radius 1 is 1.53 bits per heavy atom. The zero-order valence-electron chi connectivity index (χ0n) is 8.75. The molecule has 8 heteroatoms. The van der Waals surface area contributed by atoms with Crippen molar-refractivity contribution in [2.24, 2.45) is 0 Å². The van der Waals surface area contributed by atoms with Crippen LogP contribution in [0.25, 0.3) is 0 Å². The van der Waals surface area contributed by atoms with Crippen molar-refractivity contribution in [2.75, 3.05) is 6.54 Å². The molecule has 17 heavy (non-hydrogen) atoms. The first-order chi connectivity index (χ1) is 7.88. The number of carbonyl (C=O) groups is 1. The average molecular weight is 252 g/mol. The molecular weight excluding hydrogens is 241 g/mol. The smallest absolute Gasteiger partial charge is 0.389 e. The van der Waals surface area contributed by atoms with Crippen molar-refractivity contribution in [2.45, 2.75) is 25.6 Å². The van der Waals surface area contributed by atoms with Crippen molar-refractivity contribution in [3.8, 4) is 0 Å². The van der Waals surface area contributed by atoms with E-state index in [-0.39, 0.29) is 31.0 Å². The molecule has 1 aromatic heterocycles. The van der Waals surface area contributed by atoms with Crippen LogP contribution in [0.5, 0.6) is 0 Å². The highest BCUT2D eigenvalue weighted by Gasteiger charge is 2.25. The van der Waals surface area contributed by atoms with Crippen molar-refractivity contribution < 1.29 is 27.6 Å². The van der Waals surface area contributed by atoms with Crippen LogP contribution in [0, 0.1) is 0 Å². The quantitative estimate of drug-likeness (QED) is 0.755. The normalized spacial score (nSPS) is 11.7. The SMILES string of the molecule is O=C(O)c1cc(CNCCCC(F)(F)F)on1. The van der Waals surface area contributed by atoms with Crippen LogP contribution < -0.4 is 5.32 Å². The van der Waals surface area contributed by atoms with E-state index in [2.05, 4.69) is 15.0 Å². The maximum atomic E-state index is 11.8. The van der Waals surface area contributed by atoms with E-state index >= 15 is 0 Å². The Kier molecular flexibility index (Phi) is 4.50. The molecule has 5 nitrogen and oxygen atoms in total. The molecule has 1 aromatic rings. The van der Waals surface area contributed by atoms with Gasteiger partial charge in [0.2, 0.25) is 0 Å². The first-order valence-corrected chi connectivity index (χ1v) is 4.85. The van der Waals surface area contributed by atoms with Gasteiger partial charge in [-0.3, -0.25) is 0 Å². The number of hydrogen-bond acceptors (Lipinski definition) is 4. The predicted octanol–water partition coefficient (Wildman–Crippen LogP) is 1.80. The number of nitrogens with one attached hydrogen (secondary N) is 1. The molecule has 96 valence electrons. The third-order valence-corrected chi connectivity index (χ3v) is 1.89. The van der Waals surface area contributed by atoms with Gasteiger partial charge in [0.15, 0.2) is 11.5 Å². The van der Waals surface area contributed by atoms with Crippen molar-refractivity contribution >= 4 is 5.97 Å². The van der Waals surface area contributed by atoms with Gasteiger partial charge in [0, 0.05) is 12.5 Å². The molecule has 0 fully saturated rings. The maximum Gasteiger partial charge on any atom is 0.389 e. The maximum absolute atomic E-state index is 11.8. The van der Waals surface area contributed by atoms with Crippen molar-refractivity contribution in [1.82, 2.24) is 10.5 Å². The molecule has 0 amide bonds. The van der Waals surface area contributed by atoms with Crippen LogP contribution in [0.4, 0.5) is 13.2 Å². The van der Waals surface area contributed by atoms with Gasteiger partial charge in [-0.05, 0) is 13.0 Å². The van der Waals surface area contributed by atoms with Crippen LogP contribution in [0.1, 0.15) is 29.1 Å². The number of carboxylic acid groups (broad SMARTS) is 1. The topological polar surface area (TPSA) is 75.4 Å². The highest BCUT2D eigenvalue weighted by Crippen LogP contribution is 2.20. The van der Waals surface area contributed by atoms with Crippen molar-refractivity contribution in [1.29, 1.82) is 0 Å². The predicted molar refractivity (Wildman–Crippen MR) is 50.5 cm³/mol. The Labute approximate surface area is 94.6 Å². The summed E-state index contributed by atoms with van der Waals surface area (Å²) < 4.78 is 40.0. The lowest BCUT2D eigenvalue weighted by molar-refractivity contribution is -0.135. The summed E-state index contributed by atoms with van der Waals surface area (Å²) in [7, 11) is 0. The second kappa shape index (κ2) is 5.67. The second-order valence-corrected chi connectivity index (χ2v) is 3.38. The lowest BCUT2D eigenvalue weighted by Gasteiger charge is -2.05. The summed E-state index contributed by atoms with van der Waals surface area (Å²) in [6.45, 7) is 0.320. The monoisotopic (exact) mass is 252 g/mol. The molecule has 0 unspecified atom stereocenters. The number of hydrogen-bond donors (Lipinski definition) is 2. The standard InChI is InChI=1S/C9H11F3N2O3/c10-9(11,12)2-1-3-13-5-6-4-7(8(15)16)14-17-6/h4,13H,1-3,5H2,(H,15,16). The molecule has 0 saturated heterocycles. The van der Waals surface area contributed by atoms with Crippen molar-refractivity contribution in [3.05, 3.63) is 17.5 Å². The fourth-order valence-corrected chi connectivity index (χ4v) is 1.12. The Hall–Kier alpha value is -1.57. The van der Waals surface area contributed by atoms with Crippen LogP contribution in [0.3, 0.4) is 0 Å². The summed E-state index contributed by atoms with van der Waals surface area (Å²) in [5, 5.41) is 14.5. The van der Waals surface area contributed by atoms with Gasteiger partial charge in [0.25, 0.3) is 0 Å². The van der Waals surface area contributed by atoms with E-state index in [0.29, 0.717) is 0 Å². The molecule has 1 heterocycles. The highest BCUT2D eigenvalue weighted by molar-refractivity contribution is 5.85. The van der Waals surface area contributed by atoms with Gasteiger partial charge in [-0.15, -0.1) is 0 Å². The number of alkyl halides is 3. The molecule has 0 radical (unpaired) electrons. The number of halogens is 3. The van der Waals surface area contributed by atoms with Gasteiger partial charge in [-0.25, -0.2) is 4.79 Å². The zero-order chi connectivity index (χ0) is 12.9. The van der Waals surface area contributed by atoms with Gasteiger partial charge in [0.05, 0.1) is 6.54 Å². The van der Waals surface area contributed by atoms with E-state index in [9.17, 15) is 18.0 Å².